The van der Waals surface area contributed by atoms with E-state index in [1.807, 2.05) is 38.1 Å². The van der Waals surface area contributed by atoms with Gasteiger partial charge in [0.15, 0.2) is 5.78 Å². The highest BCUT2D eigenvalue weighted by molar-refractivity contribution is 6.02. The lowest BCUT2D eigenvalue weighted by molar-refractivity contribution is -0.115. The fourth-order valence-electron chi connectivity index (χ4n) is 3.81. The molecular weight excluding hydrogens is 318 g/mol. The van der Waals surface area contributed by atoms with Crippen molar-refractivity contribution >= 4 is 11.6 Å². The Kier molecular flexibility index (Phi) is 3.49. The Morgan fingerprint density at radius 3 is 2.52 bits per heavy atom. The number of nitrogens with one attached hydrogen (secondary N) is 2. The minimum atomic E-state index is -0.441. The highest BCUT2D eigenvalue weighted by atomic mass is 16.2. The van der Waals surface area contributed by atoms with Gasteiger partial charge in [0.05, 0.1) is 5.56 Å². The summed E-state index contributed by atoms with van der Waals surface area (Å²) < 4.78 is 1.52. The van der Waals surface area contributed by atoms with E-state index >= 15 is 0 Å². The van der Waals surface area contributed by atoms with Gasteiger partial charge in [-0.2, -0.15) is 0 Å². The number of allylic oxidation sites excluding steroid dienone is 2. The van der Waals surface area contributed by atoms with Gasteiger partial charge in [0.25, 0.3) is 5.56 Å². The van der Waals surface area contributed by atoms with Gasteiger partial charge in [-0.3, -0.25) is 19.1 Å². The Morgan fingerprint density at radius 2 is 1.84 bits per heavy atom. The standard InChI is InChI=1S/C19H19N3O3/c1-3-22-17-16(18(24)21-19(22)25)14(11-6-4-10(2)5-7-11)15-12(20-17)8-9-13(15)23/h4-7,14,20H,3,8-9H2,1-2H3,(H,21,24,25). The number of aromatic nitrogens is 2. The van der Waals surface area contributed by atoms with Gasteiger partial charge in [-0.1, -0.05) is 29.8 Å². The van der Waals surface area contributed by atoms with Crippen molar-refractivity contribution in [1.29, 1.82) is 0 Å². The molecule has 0 saturated heterocycles. The lowest BCUT2D eigenvalue weighted by Crippen LogP contribution is -2.38. The lowest BCUT2D eigenvalue weighted by Gasteiger charge is -2.29. The van der Waals surface area contributed by atoms with Gasteiger partial charge in [-0.05, 0) is 25.8 Å². The molecule has 6 heteroatoms. The molecule has 2 aromatic rings. The summed E-state index contributed by atoms with van der Waals surface area (Å²) in [5.41, 5.74) is 3.06. The Labute approximate surface area is 144 Å². The number of benzene rings is 1. The van der Waals surface area contributed by atoms with E-state index in [1.165, 1.54) is 4.57 Å². The molecule has 1 atom stereocenters. The average Bonchev–Trinajstić information content (AvgIpc) is 2.95. The second-order valence-electron chi connectivity index (χ2n) is 6.55. The largest absolute Gasteiger partial charge is 0.344 e. The molecule has 2 aliphatic rings. The molecule has 0 saturated carbocycles. The fourth-order valence-corrected chi connectivity index (χ4v) is 3.81. The van der Waals surface area contributed by atoms with Crippen LogP contribution in [0.3, 0.4) is 0 Å². The van der Waals surface area contributed by atoms with Crippen LogP contribution in [-0.2, 0) is 11.3 Å². The maximum atomic E-state index is 12.7. The van der Waals surface area contributed by atoms with E-state index in [0.717, 1.165) is 16.8 Å². The third-order valence-corrected chi connectivity index (χ3v) is 5.04. The number of H-pyrrole nitrogens is 1. The number of rotatable bonds is 2. The first-order valence-corrected chi connectivity index (χ1v) is 8.48. The predicted molar refractivity (Wildman–Crippen MR) is 94.9 cm³/mol. The van der Waals surface area contributed by atoms with Crippen molar-refractivity contribution in [2.24, 2.45) is 0 Å². The van der Waals surface area contributed by atoms with Gasteiger partial charge >= 0.3 is 5.69 Å². The third-order valence-electron chi connectivity index (χ3n) is 5.04. The summed E-state index contributed by atoms with van der Waals surface area (Å²) in [5, 5.41) is 3.20. The quantitative estimate of drug-likeness (QED) is 0.878. The molecule has 0 amide bonds. The van der Waals surface area contributed by atoms with E-state index in [9.17, 15) is 14.4 Å². The Hall–Kier alpha value is -2.89. The van der Waals surface area contributed by atoms with E-state index in [1.54, 1.807) is 0 Å². The molecule has 4 rings (SSSR count). The van der Waals surface area contributed by atoms with E-state index in [2.05, 4.69) is 10.3 Å². The molecule has 0 spiro atoms. The molecule has 1 aliphatic carbocycles. The van der Waals surface area contributed by atoms with E-state index < -0.39 is 17.2 Å². The van der Waals surface area contributed by atoms with Crippen molar-refractivity contribution in [2.75, 3.05) is 5.32 Å². The van der Waals surface area contributed by atoms with Crippen LogP contribution >= 0.6 is 0 Å². The summed E-state index contributed by atoms with van der Waals surface area (Å²) >= 11 is 0. The number of aromatic amines is 1. The summed E-state index contributed by atoms with van der Waals surface area (Å²) in [4.78, 5) is 39.8. The molecule has 1 aromatic carbocycles. The highest BCUT2D eigenvalue weighted by Crippen LogP contribution is 2.44. The first-order chi connectivity index (χ1) is 12.0. The van der Waals surface area contributed by atoms with Crippen LogP contribution in [-0.4, -0.2) is 15.3 Å². The second-order valence-corrected chi connectivity index (χ2v) is 6.55. The topological polar surface area (TPSA) is 84.0 Å². The van der Waals surface area contributed by atoms with Crippen LogP contribution in [0, 0.1) is 6.92 Å². The van der Waals surface area contributed by atoms with Gasteiger partial charge in [0, 0.05) is 30.2 Å². The lowest BCUT2D eigenvalue weighted by atomic mass is 9.82. The second kappa shape index (κ2) is 5.58. The van der Waals surface area contributed by atoms with Gasteiger partial charge in [-0.25, -0.2) is 4.79 Å². The van der Waals surface area contributed by atoms with Crippen LogP contribution in [0.5, 0.6) is 0 Å². The van der Waals surface area contributed by atoms with Crippen molar-refractivity contribution in [2.45, 2.75) is 39.2 Å². The summed E-state index contributed by atoms with van der Waals surface area (Å²) in [7, 11) is 0. The zero-order valence-corrected chi connectivity index (χ0v) is 14.2. The normalized spacial score (nSPS) is 18.8. The van der Waals surface area contributed by atoms with Gasteiger partial charge in [0.2, 0.25) is 0 Å². The molecular formula is C19H19N3O3. The molecule has 0 bridgehead atoms. The smallest absolute Gasteiger partial charge is 0.329 e. The maximum Gasteiger partial charge on any atom is 0.329 e. The number of ketones is 1. The van der Waals surface area contributed by atoms with Gasteiger partial charge in [0.1, 0.15) is 5.82 Å². The summed E-state index contributed by atoms with van der Waals surface area (Å²) in [5.74, 6) is 0.131. The van der Waals surface area contributed by atoms with E-state index in [-0.39, 0.29) is 5.78 Å². The molecule has 0 fully saturated rings. The van der Waals surface area contributed by atoms with Crippen molar-refractivity contribution in [3.8, 4) is 0 Å². The summed E-state index contributed by atoms with van der Waals surface area (Å²) in [6.07, 6.45) is 1.04. The molecule has 1 aromatic heterocycles. The number of fused-ring (bicyclic) bond motifs is 1. The number of carbonyl (C=O) groups excluding carboxylic acids is 1. The van der Waals surface area contributed by atoms with Crippen LogP contribution in [0.2, 0.25) is 0 Å². The van der Waals surface area contributed by atoms with Gasteiger partial charge < -0.3 is 5.32 Å². The number of hydrogen-bond acceptors (Lipinski definition) is 4. The number of Topliss-reactive ketones (excluding diaryl/α,β-unsaturated/α-hetero) is 1. The molecule has 128 valence electrons. The number of anilines is 1. The van der Waals surface area contributed by atoms with E-state index in [0.29, 0.717) is 36.3 Å². The minimum Gasteiger partial charge on any atom is -0.344 e. The van der Waals surface area contributed by atoms with Crippen molar-refractivity contribution in [3.05, 3.63) is 73.1 Å². The van der Waals surface area contributed by atoms with Crippen LogP contribution in [0.15, 0.2) is 45.1 Å². The first kappa shape index (κ1) is 15.6. The molecule has 1 aliphatic heterocycles. The third kappa shape index (κ3) is 2.28. The number of aryl methyl sites for hydroxylation is 1. The molecule has 2 heterocycles. The molecule has 2 N–H and O–H groups in total. The van der Waals surface area contributed by atoms with Crippen LogP contribution in [0.25, 0.3) is 0 Å². The maximum absolute atomic E-state index is 12.7. The van der Waals surface area contributed by atoms with Gasteiger partial charge in [-0.15, -0.1) is 0 Å². The zero-order chi connectivity index (χ0) is 17.7. The van der Waals surface area contributed by atoms with Crippen LogP contribution < -0.4 is 16.6 Å². The monoisotopic (exact) mass is 337 g/mol. The Bertz CT molecular complexity index is 1030. The van der Waals surface area contributed by atoms with Crippen molar-refractivity contribution in [1.82, 2.24) is 9.55 Å². The molecule has 0 radical (unpaired) electrons. The zero-order valence-electron chi connectivity index (χ0n) is 14.2. The number of carbonyl (C=O) groups is 1. The van der Waals surface area contributed by atoms with Crippen LogP contribution in [0.4, 0.5) is 5.82 Å². The van der Waals surface area contributed by atoms with Crippen molar-refractivity contribution in [3.63, 3.8) is 0 Å². The molecule has 25 heavy (non-hydrogen) atoms. The SMILES string of the molecule is CCn1c2c(c(=O)[nH]c1=O)C(c1ccc(C)cc1)C1=C(CCC1=O)N2. The summed E-state index contributed by atoms with van der Waals surface area (Å²) in [6, 6.07) is 7.85. The Balaban J connectivity index is 2.04. The molecule has 6 nitrogen and oxygen atoms in total. The number of hydrogen-bond donors (Lipinski definition) is 2. The average molecular weight is 337 g/mol. The summed E-state index contributed by atoms with van der Waals surface area (Å²) in [6.45, 7) is 4.28. The first-order valence-electron chi connectivity index (χ1n) is 8.48. The van der Waals surface area contributed by atoms with E-state index in [4.69, 9.17) is 0 Å². The Morgan fingerprint density at radius 1 is 1.12 bits per heavy atom. The predicted octanol–water partition coefficient (Wildman–Crippen LogP) is 2.04. The number of nitrogens with zero attached hydrogens (tertiary/aromatic N) is 1. The minimum absolute atomic E-state index is 0.0624. The van der Waals surface area contributed by atoms with Crippen molar-refractivity contribution < 1.29 is 4.79 Å². The highest BCUT2D eigenvalue weighted by Gasteiger charge is 2.39. The molecule has 1 unspecified atom stereocenters. The van der Waals surface area contributed by atoms with Crippen LogP contribution in [0.1, 0.15) is 42.4 Å². The fraction of sp³-hybridized carbons (Fsp3) is 0.316.